The summed E-state index contributed by atoms with van der Waals surface area (Å²) in [5, 5.41) is 11.7. The molecule has 4 rings (SSSR count). The Bertz CT molecular complexity index is 1010. The van der Waals surface area contributed by atoms with Crippen molar-refractivity contribution in [3.8, 4) is 0 Å². The number of nitrogens with zero attached hydrogens (tertiary/aromatic N) is 7. The number of piperazine rings is 1. The number of ether oxygens (including phenoxy) is 1. The van der Waals surface area contributed by atoms with Crippen LogP contribution >= 0.6 is 0 Å². The van der Waals surface area contributed by atoms with Crippen molar-refractivity contribution in [1.29, 1.82) is 0 Å². The number of aromatic nitrogens is 6. The Hall–Kier alpha value is -2.85. The van der Waals surface area contributed by atoms with Gasteiger partial charge in [-0.3, -0.25) is 4.68 Å². The molecule has 0 radical (unpaired) electrons. The van der Waals surface area contributed by atoms with Gasteiger partial charge in [0.05, 0.1) is 18.8 Å². The fourth-order valence-electron chi connectivity index (χ4n) is 3.80. The summed E-state index contributed by atoms with van der Waals surface area (Å²) in [7, 11) is 0. The molecule has 0 aliphatic carbocycles. The van der Waals surface area contributed by atoms with E-state index in [1.54, 1.807) is 6.20 Å². The maximum absolute atomic E-state index is 5.55. The molecule has 1 atom stereocenters. The van der Waals surface area contributed by atoms with Gasteiger partial charge in [0.1, 0.15) is 23.2 Å². The third kappa shape index (κ3) is 4.75. The monoisotopic (exact) mass is 425 g/mol. The van der Waals surface area contributed by atoms with E-state index in [1.165, 1.54) is 6.33 Å². The van der Waals surface area contributed by atoms with Crippen LogP contribution in [0, 0.1) is 12.8 Å². The van der Waals surface area contributed by atoms with Gasteiger partial charge in [-0.15, -0.1) is 0 Å². The molecule has 2 N–H and O–H groups in total. The second-order valence-corrected chi connectivity index (χ2v) is 8.05. The molecule has 1 saturated heterocycles. The molecule has 31 heavy (non-hydrogen) atoms. The molecule has 1 aliphatic heterocycles. The van der Waals surface area contributed by atoms with E-state index < -0.39 is 0 Å². The molecule has 0 saturated carbocycles. The SMILES string of the molecule is CCOCCn1nc(C)c2nc(N3CCN[C@H](C(C)C)C3)nc(Nc3ccncn3)c21. The molecule has 3 aromatic rings. The molecular weight excluding hydrogens is 394 g/mol. The van der Waals surface area contributed by atoms with Crippen molar-refractivity contribution in [2.75, 3.05) is 43.1 Å². The summed E-state index contributed by atoms with van der Waals surface area (Å²) in [4.78, 5) is 20.4. The molecule has 1 fully saturated rings. The number of hydrogen-bond donors (Lipinski definition) is 2. The molecule has 0 bridgehead atoms. The van der Waals surface area contributed by atoms with Crippen molar-refractivity contribution in [2.45, 2.75) is 40.3 Å². The van der Waals surface area contributed by atoms with E-state index in [1.807, 2.05) is 24.6 Å². The van der Waals surface area contributed by atoms with Crippen LogP contribution in [0.1, 0.15) is 26.5 Å². The minimum Gasteiger partial charge on any atom is -0.380 e. The molecule has 0 aromatic carbocycles. The van der Waals surface area contributed by atoms with Gasteiger partial charge in [-0.05, 0) is 25.8 Å². The quantitative estimate of drug-likeness (QED) is 0.525. The van der Waals surface area contributed by atoms with Crippen LogP contribution < -0.4 is 15.5 Å². The molecule has 0 spiro atoms. The maximum atomic E-state index is 5.55. The molecule has 0 unspecified atom stereocenters. The first kappa shape index (κ1) is 21.4. The summed E-state index contributed by atoms with van der Waals surface area (Å²) in [6.45, 7) is 13.0. The summed E-state index contributed by atoms with van der Waals surface area (Å²) >= 11 is 0. The van der Waals surface area contributed by atoms with Crippen LogP contribution in [0.4, 0.5) is 17.6 Å². The topological polar surface area (TPSA) is 106 Å². The number of anilines is 3. The highest BCUT2D eigenvalue weighted by molar-refractivity contribution is 5.90. The first-order valence-corrected chi connectivity index (χ1v) is 10.9. The Morgan fingerprint density at radius 1 is 1.32 bits per heavy atom. The summed E-state index contributed by atoms with van der Waals surface area (Å²) in [6, 6.07) is 2.22. The molecular formula is C21H31N9O. The van der Waals surface area contributed by atoms with Gasteiger partial charge in [0, 0.05) is 38.5 Å². The third-order valence-corrected chi connectivity index (χ3v) is 5.52. The lowest BCUT2D eigenvalue weighted by molar-refractivity contribution is 0.137. The number of aryl methyl sites for hydroxylation is 1. The highest BCUT2D eigenvalue weighted by Crippen LogP contribution is 2.28. The molecule has 1 aliphatic rings. The Morgan fingerprint density at radius 3 is 2.94 bits per heavy atom. The third-order valence-electron chi connectivity index (χ3n) is 5.52. The van der Waals surface area contributed by atoms with E-state index in [0.29, 0.717) is 49.3 Å². The standard InChI is InChI=1S/C21H31N9O/c1-5-31-11-10-30-19-18(15(4)28-30)26-21(29-9-8-23-16(12-29)14(2)3)27-20(19)25-17-6-7-22-13-24-17/h6-7,13-14,16,23H,5,8-12H2,1-4H3,(H,22,24,25,26,27)/t16-/m0/s1. The van der Waals surface area contributed by atoms with E-state index in [-0.39, 0.29) is 0 Å². The number of nitrogens with one attached hydrogen (secondary N) is 2. The molecule has 10 heteroatoms. The lowest BCUT2D eigenvalue weighted by Gasteiger charge is -2.35. The Labute approximate surface area is 182 Å². The van der Waals surface area contributed by atoms with Crippen LogP contribution in [0.25, 0.3) is 11.0 Å². The number of fused-ring (bicyclic) bond motifs is 1. The maximum Gasteiger partial charge on any atom is 0.228 e. The summed E-state index contributed by atoms with van der Waals surface area (Å²) < 4.78 is 7.47. The van der Waals surface area contributed by atoms with Crippen molar-refractivity contribution in [1.82, 2.24) is 35.0 Å². The van der Waals surface area contributed by atoms with Gasteiger partial charge in [-0.1, -0.05) is 13.8 Å². The minimum absolute atomic E-state index is 0.404. The van der Waals surface area contributed by atoms with Crippen LogP contribution in [0.2, 0.25) is 0 Å². The molecule has 166 valence electrons. The smallest absolute Gasteiger partial charge is 0.228 e. The van der Waals surface area contributed by atoms with E-state index in [9.17, 15) is 0 Å². The zero-order valence-corrected chi connectivity index (χ0v) is 18.7. The average Bonchev–Trinajstić information content (AvgIpc) is 3.10. The van der Waals surface area contributed by atoms with E-state index in [2.05, 4.69) is 39.3 Å². The summed E-state index contributed by atoms with van der Waals surface area (Å²) in [5.41, 5.74) is 2.57. The number of rotatable bonds is 8. The van der Waals surface area contributed by atoms with Crippen LogP contribution in [-0.4, -0.2) is 68.6 Å². The predicted molar refractivity (Wildman–Crippen MR) is 121 cm³/mol. The lowest BCUT2D eigenvalue weighted by Crippen LogP contribution is -2.53. The fraction of sp³-hybridized carbons (Fsp3) is 0.571. The Morgan fingerprint density at radius 2 is 2.19 bits per heavy atom. The molecule has 3 aromatic heterocycles. The predicted octanol–water partition coefficient (Wildman–Crippen LogP) is 2.14. The Balaban J connectivity index is 1.75. The van der Waals surface area contributed by atoms with E-state index in [0.717, 1.165) is 36.4 Å². The summed E-state index contributed by atoms with van der Waals surface area (Å²) in [6.07, 6.45) is 3.22. The number of hydrogen-bond acceptors (Lipinski definition) is 9. The normalized spacial score (nSPS) is 16.9. The van der Waals surface area contributed by atoms with Gasteiger partial charge in [-0.25, -0.2) is 15.0 Å². The van der Waals surface area contributed by atoms with Crippen LogP contribution in [0.5, 0.6) is 0 Å². The lowest BCUT2D eigenvalue weighted by atomic mass is 10.0. The fourth-order valence-corrected chi connectivity index (χ4v) is 3.80. The van der Waals surface area contributed by atoms with Crippen molar-refractivity contribution in [3.05, 3.63) is 24.3 Å². The first-order chi connectivity index (χ1) is 15.1. The van der Waals surface area contributed by atoms with Gasteiger partial charge >= 0.3 is 0 Å². The van der Waals surface area contributed by atoms with E-state index in [4.69, 9.17) is 19.8 Å². The van der Waals surface area contributed by atoms with Gasteiger partial charge in [-0.2, -0.15) is 10.1 Å². The second kappa shape index (κ2) is 9.52. The van der Waals surface area contributed by atoms with Crippen molar-refractivity contribution in [3.63, 3.8) is 0 Å². The van der Waals surface area contributed by atoms with Crippen LogP contribution in [0.15, 0.2) is 18.6 Å². The molecule has 0 amide bonds. The molecule has 4 heterocycles. The zero-order valence-electron chi connectivity index (χ0n) is 18.7. The van der Waals surface area contributed by atoms with Gasteiger partial charge in [0.25, 0.3) is 0 Å². The highest BCUT2D eigenvalue weighted by atomic mass is 16.5. The Kier molecular flexibility index (Phi) is 6.57. The van der Waals surface area contributed by atoms with Crippen molar-refractivity contribution >= 4 is 28.6 Å². The van der Waals surface area contributed by atoms with Gasteiger partial charge in [0.2, 0.25) is 5.95 Å². The highest BCUT2D eigenvalue weighted by Gasteiger charge is 2.26. The van der Waals surface area contributed by atoms with E-state index >= 15 is 0 Å². The summed E-state index contributed by atoms with van der Waals surface area (Å²) in [5.74, 6) is 2.61. The van der Waals surface area contributed by atoms with Gasteiger partial charge < -0.3 is 20.3 Å². The first-order valence-electron chi connectivity index (χ1n) is 10.9. The van der Waals surface area contributed by atoms with Crippen LogP contribution in [0.3, 0.4) is 0 Å². The second-order valence-electron chi connectivity index (χ2n) is 8.05. The van der Waals surface area contributed by atoms with Crippen LogP contribution in [-0.2, 0) is 11.3 Å². The van der Waals surface area contributed by atoms with Crippen molar-refractivity contribution < 1.29 is 4.74 Å². The molecule has 10 nitrogen and oxygen atoms in total. The minimum atomic E-state index is 0.404. The largest absolute Gasteiger partial charge is 0.380 e. The average molecular weight is 426 g/mol. The zero-order chi connectivity index (χ0) is 21.8. The van der Waals surface area contributed by atoms with Crippen molar-refractivity contribution in [2.24, 2.45) is 5.92 Å². The van der Waals surface area contributed by atoms with Gasteiger partial charge in [0.15, 0.2) is 5.82 Å².